The first-order chi connectivity index (χ1) is 9.49. The Bertz CT molecular complexity index is 682. The van der Waals surface area contributed by atoms with Crippen LogP contribution in [0.25, 0.3) is 0 Å². The third-order valence-electron chi connectivity index (χ3n) is 2.42. The molecule has 0 saturated carbocycles. The number of halogens is 1. The predicted molar refractivity (Wildman–Crippen MR) is 74.2 cm³/mol. The molecular formula is C10H10ClN7O2. The van der Waals surface area contributed by atoms with Crippen LogP contribution in [0, 0.1) is 17.0 Å². The highest BCUT2D eigenvalue weighted by molar-refractivity contribution is 6.33. The van der Waals surface area contributed by atoms with Gasteiger partial charge >= 0.3 is 0 Å². The second kappa shape index (κ2) is 5.53. The molecule has 0 aliphatic rings. The molecule has 0 amide bonds. The fourth-order valence-electron chi connectivity index (χ4n) is 1.35. The van der Waals surface area contributed by atoms with Gasteiger partial charge in [-0.3, -0.25) is 10.1 Å². The number of non-ortho nitro benzene ring substituents is 1. The average Bonchev–Trinajstić information content (AvgIpc) is 2.72. The third-order valence-corrected chi connectivity index (χ3v) is 2.77. The van der Waals surface area contributed by atoms with Crippen LogP contribution in [0.5, 0.6) is 0 Å². The van der Waals surface area contributed by atoms with Crippen LogP contribution >= 0.6 is 11.6 Å². The lowest BCUT2D eigenvalue weighted by Gasteiger charge is -2.00. The lowest BCUT2D eigenvalue weighted by Crippen LogP contribution is -2.13. The van der Waals surface area contributed by atoms with Crippen LogP contribution in [0.4, 0.5) is 11.6 Å². The van der Waals surface area contributed by atoms with Gasteiger partial charge in [0.1, 0.15) is 0 Å². The van der Waals surface area contributed by atoms with Crippen molar-refractivity contribution in [2.45, 2.75) is 6.92 Å². The average molecular weight is 296 g/mol. The van der Waals surface area contributed by atoms with Crippen LogP contribution in [0.2, 0.25) is 5.02 Å². The Morgan fingerprint density at radius 1 is 1.55 bits per heavy atom. The lowest BCUT2D eigenvalue weighted by atomic mass is 10.2. The monoisotopic (exact) mass is 295 g/mol. The fourth-order valence-corrected chi connectivity index (χ4v) is 1.52. The number of nitrogens with one attached hydrogen (secondary N) is 1. The Labute approximate surface area is 118 Å². The zero-order chi connectivity index (χ0) is 14.7. The first-order valence-corrected chi connectivity index (χ1v) is 5.77. The molecule has 9 nitrogen and oxygen atoms in total. The summed E-state index contributed by atoms with van der Waals surface area (Å²) in [6.07, 6.45) is 1.33. The molecule has 104 valence electrons. The van der Waals surface area contributed by atoms with Crippen molar-refractivity contribution in [2.24, 2.45) is 5.10 Å². The molecule has 0 saturated heterocycles. The molecule has 2 rings (SSSR count). The van der Waals surface area contributed by atoms with Crippen molar-refractivity contribution in [1.29, 1.82) is 0 Å². The summed E-state index contributed by atoms with van der Waals surface area (Å²) in [4.78, 5) is 10.2. The highest BCUT2D eigenvalue weighted by Crippen LogP contribution is 2.20. The molecule has 10 heteroatoms. The number of nitrogen functional groups attached to an aromatic ring is 1. The van der Waals surface area contributed by atoms with E-state index in [1.807, 2.05) is 0 Å². The number of anilines is 1. The standard InChI is InChI=1S/C10H10ClN7O2/c1-6-14-16-10(17(6)12)15-13-5-7-4-8(18(19)20)2-3-9(7)11/h2-5H,12H2,1H3,(H,15,16). The molecule has 0 unspecified atom stereocenters. The summed E-state index contributed by atoms with van der Waals surface area (Å²) < 4.78 is 1.21. The number of rotatable bonds is 4. The van der Waals surface area contributed by atoms with Crippen molar-refractivity contribution < 1.29 is 4.92 Å². The van der Waals surface area contributed by atoms with Gasteiger partial charge in [-0.1, -0.05) is 11.6 Å². The Morgan fingerprint density at radius 2 is 2.30 bits per heavy atom. The molecule has 0 radical (unpaired) electrons. The number of nitrogens with two attached hydrogens (primary N) is 1. The molecular weight excluding hydrogens is 286 g/mol. The molecule has 0 bridgehead atoms. The van der Waals surface area contributed by atoms with E-state index < -0.39 is 4.92 Å². The summed E-state index contributed by atoms with van der Waals surface area (Å²) in [5, 5.41) is 22.3. The second-order valence-corrected chi connectivity index (χ2v) is 4.18. The van der Waals surface area contributed by atoms with E-state index in [1.54, 1.807) is 6.92 Å². The number of hydrazone groups is 1. The van der Waals surface area contributed by atoms with Gasteiger partial charge in [-0.2, -0.15) is 5.10 Å². The SMILES string of the molecule is Cc1nnc(NN=Cc2cc([N+](=O)[O-])ccc2Cl)n1N. The minimum absolute atomic E-state index is 0.0753. The topological polar surface area (TPSA) is 124 Å². The van der Waals surface area contributed by atoms with E-state index in [9.17, 15) is 10.1 Å². The van der Waals surface area contributed by atoms with Gasteiger partial charge in [0.2, 0.25) is 0 Å². The minimum atomic E-state index is -0.513. The first kappa shape index (κ1) is 13.7. The summed E-state index contributed by atoms with van der Waals surface area (Å²) in [7, 11) is 0. The van der Waals surface area contributed by atoms with Crippen LogP contribution in [-0.4, -0.2) is 26.0 Å². The van der Waals surface area contributed by atoms with Crippen molar-refractivity contribution in [3.8, 4) is 0 Å². The molecule has 0 atom stereocenters. The summed E-state index contributed by atoms with van der Waals surface area (Å²) in [5.41, 5.74) is 2.88. The Hall–Kier alpha value is -2.68. The molecule has 0 aliphatic heterocycles. The smallest absolute Gasteiger partial charge is 0.270 e. The molecule has 20 heavy (non-hydrogen) atoms. The summed E-state index contributed by atoms with van der Waals surface area (Å²) in [6.45, 7) is 1.68. The van der Waals surface area contributed by atoms with Crippen LogP contribution < -0.4 is 11.3 Å². The number of benzene rings is 1. The Balaban J connectivity index is 2.17. The van der Waals surface area contributed by atoms with Crippen molar-refractivity contribution in [3.05, 3.63) is 44.7 Å². The zero-order valence-electron chi connectivity index (χ0n) is 10.3. The van der Waals surface area contributed by atoms with E-state index in [2.05, 4.69) is 20.7 Å². The van der Waals surface area contributed by atoms with Gasteiger partial charge in [0.15, 0.2) is 5.82 Å². The molecule has 2 aromatic rings. The fraction of sp³-hybridized carbons (Fsp3) is 0.100. The number of hydrogen-bond acceptors (Lipinski definition) is 7. The van der Waals surface area contributed by atoms with Crippen molar-refractivity contribution >= 4 is 29.5 Å². The third kappa shape index (κ3) is 2.83. The maximum absolute atomic E-state index is 10.7. The van der Waals surface area contributed by atoms with Gasteiger partial charge in [0.05, 0.1) is 11.1 Å². The predicted octanol–water partition coefficient (Wildman–Crippen LogP) is 1.31. The highest BCUT2D eigenvalue weighted by atomic mass is 35.5. The second-order valence-electron chi connectivity index (χ2n) is 3.77. The first-order valence-electron chi connectivity index (χ1n) is 5.39. The molecule has 1 aromatic heterocycles. The summed E-state index contributed by atoms with van der Waals surface area (Å²) >= 11 is 5.92. The van der Waals surface area contributed by atoms with Crippen LogP contribution in [-0.2, 0) is 0 Å². The molecule has 1 heterocycles. The van der Waals surface area contributed by atoms with Crippen LogP contribution in [0.1, 0.15) is 11.4 Å². The van der Waals surface area contributed by atoms with Gasteiger partial charge in [-0.25, -0.2) is 10.1 Å². The number of nitrogens with zero attached hydrogens (tertiary/aromatic N) is 5. The number of nitro groups is 1. The Kier molecular flexibility index (Phi) is 3.80. The van der Waals surface area contributed by atoms with Gasteiger partial charge in [-0.15, -0.1) is 10.2 Å². The van der Waals surface area contributed by atoms with E-state index in [1.165, 1.54) is 29.1 Å². The molecule has 1 aromatic carbocycles. The van der Waals surface area contributed by atoms with E-state index in [0.29, 0.717) is 16.4 Å². The maximum Gasteiger partial charge on any atom is 0.270 e. The highest BCUT2D eigenvalue weighted by Gasteiger charge is 2.08. The molecule has 3 N–H and O–H groups in total. The number of nitro benzene ring substituents is 1. The zero-order valence-corrected chi connectivity index (χ0v) is 11.1. The molecule has 0 aliphatic carbocycles. The normalized spacial score (nSPS) is 10.9. The molecule has 0 spiro atoms. The summed E-state index contributed by atoms with van der Waals surface area (Å²) in [6, 6.07) is 4.05. The largest absolute Gasteiger partial charge is 0.335 e. The van der Waals surface area contributed by atoms with Gasteiger partial charge in [-0.05, 0) is 13.0 Å². The van der Waals surface area contributed by atoms with Crippen LogP contribution in [0.15, 0.2) is 23.3 Å². The number of aromatic nitrogens is 3. The van der Waals surface area contributed by atoms with Gasteiger partial charge in [0.25, 0.3) is 11.6 Å². The maximum atomic E-state index is 10.7. The molecule has 0 fully saturated rings. The van der Waals surface area contributed by atoms with Crippen molar-refractivity contribution in [1.82, 2.24) is 14.9 Å². The van der Waals surface area contributed by atoms with E-state index in [4.69, 9.17) is 17.4 Å². The number of hydrogen-bond donors (Lipinski definition) is 2. The van der Waals surface area contributed by atoms with Gasteiger partial charge in [0, 0.05) is 22.7 Å². The minimum Gasteiger partial charge on any atom is -0.335 e. The number of aryl methyl sites for hydroxylation is 1. The lowest BCUT2D eigenvalue weighted by molar-refractivity contribution is -0.384. The van der Waals surface area contributed by atoms with Crippen LogP contribution in [0.3, 0.4) is 0 Å². The van der Waals surface area contributed by atoms with Gasteiger partial charge < -0.3 is 5.84 Å². The quantitative estimate of drug-likeness (QED) is 0.379. The van der Waals surface area contributed by atoms with E-state index >= 15 is 0 Å². The summed E-state index contributed by atoms with van der Waals surface area (Å²) in [5.74, 6) is 6.36. The Morgan fingerprint density at radius 3 is 2.90 bits per heavy atom. The van der Waals surface area contributed by atoms with E-state index in [0.717, 1.165) is 0 Å². The van der Waals surface area contributed by atoms with Crippen molar-refractivity contribution in [3.63, 3.8) is 0 Å². The van der Waals surface area contributed by atoms with E-state index in [-0.39, 0.29) is 11.6 Å². The van der Waals surface area contributed by atoms with Crippen molar-refractivity contribution in [2.75, 3.05) is 11.3 Å².